The predicted molar refractivity (Wildman–Crippen MR) is 63.6 cm³/mol. The van der Waals surface area contributed by atoms with Gasteiger partial charge in [-0.05, 0) is 25.2 Å². The zero-order chi connectivity index (χ0) is 11.3. The number of hydrogen-bond acceptors (Lipinski definition) is 1. The molecule has 0 radical (unpaired) electrons. The Morgan fingerprint density at radius 1 is 1.33 bits per heavy atom. The van der Waals surface area contributed by atoms with Gasteiger partial charge in [-0.3, -0.25) is 4.79 Å². The van der Waals surface area contributed by atoms with Crippen molar-refractivity contribution in [3.63, 3.8) is 0 Å². The molecular weight excluding hydrogens is 186 g/mol. The third kappa shape index (κ3) is 3.84. The van der Waals surface area contributed by atoms with E-state index in [9.17, 15) is 4.79 Å². The molecule has 1 aliphatic rings. The number of carbonyl (C=O) groups is 1. The summed E-state index contributed by atoms with van der Waals surface area (Å²) in [5.41, 5.74) is 0. The largest absolute Gasteiger partial charge is 0.353 e. The van der Waals surface area contributed by atoms with Crippen LogP contribution in [0.15, 0.2) is 0 Å². The quantitative estimate of drug-likeness (QED) is 0.760. The summed E-state index contributed by atoms with van der Waals surface area (Å²) in [7, 11) is 0. The van der Waals surface area contributed by atoms with Crippen LogP contribution in [-0.4, -0.2) is 11.9 Å². The molecule has 1 N–H and O–H groups in total. The summed E-state index contributed by atoms with van der Waals surface area (Å²) in [4.78, 5) is 11.6. The molecule has 2 nitrogen and oxygen atoms in total. The number of rotatable bonds is 4. The Hall–Kier alpha value is -0.530. The molecule has 1 aliphatic carbocycles. The molecular formula is C13H25NO. The summed E-state index contributed by atoms with van der Waals surface area (Å²) >= 11 is 0. The van der Waals surface area contributed by atoms with Crippen LogP contribution in [0.5, 0.6) is 0 Å². The van der Waals surface area contributed by atoms with Crippen LogP contribution < -0.4 is 5.32 Å². The van der Waals surface area contributed by atoms with Crippen molar-refractivity contribution in [3.8, 4) is 0 Å². The summed E-state index contributed by atoms with van der Waals surface area (Å²) in [6.45, 7) is 6.16. The van der Waals surface area contributed by atoms with E-state index in [2.05, 4.69) is 12.2 Å². The molecule has 88 valence electrons. The van der Waals surface area contributed by atoms with E-state index in [-0.39, 0.29) is 11.8 Å². The molecule has 2 heteroatoms. The molecule has 15 heavy (non-hydrogen) atoms. The first-order valence-electron chi connectivity index (χ1n) is 6.45. The first-order chi connectivity index (χ1) is 7.15. The second kappa shape index (κ2) is 6.14. The van der Waals surface area contributed by atoms with Gasteiger partial charge in [0, 0.05) is 12.0 Å². The summed E-state index contributed by atoms with van der Waals surface area (Å²) in [5, 5.41) is 3.21. The van der Waals surface area contributed by atoms with E-state index in [1.54, 1.807) is 0 Å². The molecule has 0 spiro atoms. The highest BCUT2D eigenvalue weighted by Gasteiger charge is 2.26. The molecule has 0 saturated heterocycles. The van der Waals surface area contributed by atoms with Gasteiger partial charge in [0.1, 0.15) is 0 Å². The van der Waals surface area contributed by atoms with Gasteiger partial charge in [0.05, 0.1) is 0 Å². The van der Waals surface area contributed by atoms with Crippen molar-refractivity contribution in [2.45, 2.75) is 65.3 Å². The van der Waals surface area contributed by atoms with Crippen LogP contribution in [0, 0.1) is 11.8 Å². The zero-order valence-electron chi connectivity index (χ0n) is 10.4. The normalized spacial score (nSPS) is 26.7. The lowest BCUT2D eigenvalue weighted by atomic mass is 9.81. The van der Waals surface area contributed by atoms with Gasteiger partial charge in [0.2, 0.25) is 5.91 Å². The summed E-state index contributed by atoms with van der Waals surface area (Å²) in [5.74, 6) is 1.07. The van der Waals surface area contributed by atoms with Crippen molar-refractivity contribution >= 4 is 5.91 Å². The monoisotopic (exact) mass is 211 g/mol. The molecule has 0 aromatic heterocycles. The molecule has 0 aliphatic heterocycles. The molecule has 0 aromatic rings. The first kappa shape index (κ1) is 12.5. The smallest absolute Gasteiger partial charge is 0.222 e. The predicted octanol–water partition coefficient (Wildman–Crippen LogP) is 3.12. The van der Waals surface area contributed by atoms with Crippen LogP contribution in [0.25, 0.3) is 0 Å². The standard InChI is InChI=1S/C13H25NO/c1-4-7-11-8-5-6-9-12(11)14-13(15)10(2)3/h10-12H,4-9H2,1-3H3,(H,14,15). The minimum atomic E-state index is 0.120. The topological polar surface area (TPSA) is 29.1 Å². The van der Waals surface area contributed by atoms with Crippen LogP contribution in [0.1, 0.15) is 59.3 Å². The molecule has 0 aromatic carbocycles. The Bertz CT molecular complexity index is 199. The van der Waals surface area contributed by atoms with Gasteiger partial charge in [0.25, 0.3) is 0 Å². The third-order valence-electron chi connectivity index (χ3n) is 3.42. The highest BCUT2D eigenvalue weighted by molar-refractivity contribution is 5.78. The maximum atomic E-state index is 11.6. The minimum Gasteiger partial charge on any atom is -0.353 e. The van der Waals surface area contributed by atoms with Crippen LogP contribution in [0.2, 0.25) is 0 Å². The number of nitrogens with one attached hydrogen (secondary N) is 1. The fourth-order valence-corrected chi connectivity index (χ4v) is 2.46. The van der Waals surface area contributed by atoms with E-state index in [4.69, 9.17) is 0 Å². The van der Waals surface area contributed by atoms with Crippen molar-refractivity contribution in [3.05, 3.63) is 0 Å². The van der Waals surface area contributed by atoms with E-state index >= 15 is 0 Å². The molecule has 1 rings (SSSR count). The molecule has 0 heterocycles. The Morgan fingerprint density at radius 3 is 2.60 bits per heavy atom. The maximum Gasteiger partial charge on any atom is 0.222 e. The number of amides is 1. The summed E-state index contributed by atoms with van der Waals surface area (Å²) in [6, 6.07) is 0.452. The van der Waals surface area contributed by atoms with Gasteiger partial charge in [-0.1, -0.05) is 40.0 Å². The highest BCUT2D eigenvalue weighted by atomic mass is 16.1. The van der Waals surface area contributed by atoms with Gasteiger partial charge in [-0.2, -0.15) is 0 Å². The molecule has 2 unspecified atom stereocenters. The van der Waals surface area contributed by atoms with Crippen molar-refractivity contribution in [2.24, 2.45) is 11.8 Å². The third-order valence-corrected chi connectivity index (χ3v) is 3.42. The number of hydrogen-bond donors (Lipinski definition) is 1. The Morgan fingerprint density at radius 2 is 2.00 bits per heavy atom. The zero-order valence-corrected chi connectivity index (χ0v) is 10.4. The average molecular weight is 211 g/mol. The van der Waals surface area contributed by atoms with E-state index in [0.29, 0.717) is 6.04 Å². The van der Waals surface area contributed by atoms with Gasteiger partial charge < -0.3 is 5.32 Å². The van der Waals surface area contributed by atoms with E-state index in [0.717, 1.165) is 5.92 Å². The second-order valence-corrected chi connectivity index (χ2v) is 5.10. The number of carbonyl (C=O) groups excluding carboxylic acids is 1. The lowest BCUT2D eigenvalue weighted by Crippen LogP contribution is -2.43. The maximum absolute atomic E-state index is 11.6. The van der Waals surface area contributed by atoms with E-state index < -0.39 is 0 Å². The summed E-state index contributed by atoms with van der Waals surface area (Å²) in [6.07, 6.45) is 7.61. The second-order valence-electron chi connectivity index (χ2n) is 5.10. The molecule has 0 bridgehead atoms. The molecule has 1 saturated carbocycles. The van der Waals surface area contributed by atoms with E-state index in [1.807, 2.05) is 13.8 Å². The minimum absolute atomic E-state index is 0.120. The SMILES string of the molecule is CCCC1CCCCC1NC(=O)C(C)C. The Labute approximate surface area is 93.8 Å². The van der Waals surface area contributed by atoms with Crippen molar-refractivity contribution in [1.82, 2.24) is 5.32 Å². The van der Waals surface area contributed by atoms with Gasteiger partial charge in [-0.15, -0.1) is 0 Å². The van der Waals surface area contributed by atoms with E-state index in [1.165, 1.54) is 38.5 Å². The Kier molecular flexibility index (Phi) is 5.13. The van der Waals surface area contributed by atoms with Gasteiger partial charge in [0.15, 0.2) is 0 Å². The molecule has 1 fully saturated rings. The average Bonchev–Trinajstić information content (AvgIpc) is 2.21. The van der Waals surface area contributed by atoms with Crippen LogP contribution in [0.4, 0.5) is 0 Å². The lowest BCUT2D eigenvalue weighted by Gasteiger charge is -2.32. The first-order valence-corrected chi connectivity index (χ1v) is 6.45. The highest BCUT2D eigenvalue weighted by Crippen LogP contribution is 2.28. The van der Waals surface area contributed by atoms with Crippen molar-refractivity contribution < 1.29 is 4.79 Å². The fraction of sp³-hybridized carbons (Fsp3) is 0.923. The Balaban J connectivity index is 2.45. The summed E-state index contributed by atoms with van der Waals surface area (Å²) < 4.78 is 0. The van der Waals surface area contributed by atoms with Crippen molar-refractivity contribution in [2.75, 3.05) is 0 Å². The molecule has 1 amide bonds. The van der Waals surface area contributed by atoms with Crippen LogP contribution in [-0.2, 0) is 4.79 Å². The van der Waals surface area contributed by atoms with Crippen LogP contribution in [0.3, 0.4) is 0 Å². The lowest BCUT2D eigenvalue weighted by molar-refractivity contribution is -0.125. The molecule has 2 atom stereocenters. The fourth-order valence-electron chi connectivity index (χ4n) is 2.46. The van der Waals surface area contributed by atoms with Gasteiger partial charge in [-0.25, -0.2) is 0 Å². The van der Waals surface area contributed by atoms with Crippen LogP contribution >= 0.6 is 0 Å². The van der Waals surface area contributed by atoms with Crippen molar-refractivity contribution in [1.29, 1.82) is 0 Å². The van der Waals surface area contributed by atoms with Gasteiger partial charge >= 0.3 is 0 Å².